The van der Waals surface area contributed by atoms with Crippen LogP contribution in [0.25, 0.3) is 0 Å². The van der Waals surface area contributed by atoms with Gasteiger partial charge in [-0.15, -0.1) is 0 Å². The molecule has 2 unspecified atom stereocenters. The maximum Gasteiger partial charge on any atom is 0.317 e. The summed E-state index contributed by atoms with van der Waals surface area (Å²) in [6, 6.07) is 1.67. The minimum atomic E-state index is 0.177. The highest BCUT2D eigenvalue weighted by molar-refractivity contribution is 5.75. The molecule has 0 aromatic carbocycles. The van der Waals surface area contributed by atoms with E-state index in [1.165, 1.54) is 32.1 Å². The van der Waals surface area contributed by atoms with Crippen molar-refractivity contribution in [2.24, 2.45) is 0 Å². The number of hydrogen-bond acceptors (Lipinski definition) is 2. The molecule has 1 heterocycles. The van der Waals surface area contributed by atoms with Crippen LogP contribution in [-0.2, 0) is 0 Å². The monoisotopic (exact) mass is 209 g/mol. The van der Waals surface area contributed by atoms with Gasteiger partial charge in [0.15, 0.2) is 0 Å². The van der Waals surface area contributed by atoms with Crippen LogP contribution in [-0.4, -0.2) is 42.1 Å². The molecule has 2 saturated carbocycles. The molecule has 4 heteroatoms. The average molecular weight is 209 g/mol. The number of carbonyl (C=O) groups excluding carboxylic acids is 1. The van der Waals surface area contributed by atoms with Gasteiger partial charge in [0.05, 0.1) is 0 Å². The minimum Gasteiger partial charge on any atom is -0.335 e. The van der Waals surface area contributed by atoms with Crippen LogP contribution in [0.5, 0.6) is 0 Å². The Morgan fingerprint density at radius 2 is 2.13 bits per heavy atom. The van der Waals surface area contributed by atoms with E-state index >= 15 is 0 Å². The van der Waals surface area contributed by atoms with Crippen molar-refractivity contribution in [2.45, 2.75) is 50.2 Å². The molecule has 1 saturated heterocycles. The molecule has 15 heavy (non-hydrogen) atoms. The molecule has 0 aromatic heterocycles. The molecule has 0 radical (unpaired) electrons. The molecule has 0 bridgehead atoms. The Morgan fingerprint density at radius 1 is 1.27 bits per heavy atom. The Bertz CT molecular complexity index is 265. The van der Waals surface area contributed by atoms with Crippen molar-refractivity contribution in [3.05, 3.63) is 0 Å². The lowest BCUT2D eigenvalue weighted by molar-refractivity contribution is 0.144. The largest absolute Gasteiger partial charge is 0.335 e. The van der Waals surface area contributed by atoms with E-state index in [1.807, 2.05) is 0 Å². The van der Waals surface area contributed by atoms with E-state index in [0.717, 1.165) is 13.1 Å². The number of rotatable bonds is 1. The van der Waals surface area contributed by atoms with Crippen LogP contribution in [0.2, 0.25) is 0 Å². The van der Waals surface area contributed by atoms with E-state index < -0.39 is 0 Å². The molecule has 2 amide bonds. The van der Waals surface area contributed by atoms with E-state index in [0.29, 0.717) is 18.1 Å². The Balaban J connectivity index is 1.64. The lowest BCUT2D eigenvalue weighted by Crippen LogP contribution is -2.59. The van der Waals surface area contributed by atoms with Gasteiger partial charge in [-0.05, 0) is 32.1 Å². The summed E-state index contributed by atoms with van der Waals surface area (Å²) in [5.74, 6) is 0. The van der Waals surface area contributed by atoms with E-state index in [-0.39, 0.29) is 6.03 Å². The quantitative estimate of drug-likeness (QED) is 0.667. The third-order valence-electron chi connectivity index (χ3n) is 3.80. The van der Waals surface area contributed by atoms with E-state index in [2.05, 4.69) is 15.5 Å². The first-order valence-corrected chi connectivity index (χ1v) is 6.15. The SMILES string of the molecule is O=C(NC1CC1)N1CCNC2CCCC21. The zero-order valence-electron chi connectivity index (χ0n) is 9.04. The molecule has 1 aliphatic heterocycles. The highest BCUT2D eigenvalue weighted by Gasteiger charge is 2.38. The van der Waals surface area contributed by atoms with Gasteiger partial charge < -0.3 is 15.5 Å². The molecule has 84 valence electrons. The normalized spacial score (nSPS) is 35.1. The first-order valence-electron chi connectivity index (χ1n) is 6.15. The third kappa shape index (κ3) is 1.83. The van der Waals surface area contributed by atoms with Gasteiger partial charge in [0.25, 0.3) is 0 Å². The summed E-state index contributed by atoms with van der Waals surface area (Å²) in [5.41, 5.74) is 0. The van der Waals surface area contributed by atoms with Crippen molar-refractivity contribution in [2.75, 3.05) is 13.1 Å². The number of hydrogen-bond donors (Lipinski definition) is 2. The molecule has 3 rings (SSSR count). The van der Waals surface area contributed by atoms with Gasteiger partial charge in [-0.25, -0.2) is 4.79 Å². The van der Waals surface area contributed by atoms with Gasteiger partial charge >= 0.3 is 6.03 Å². The summed E-state index contributed by atoms with van der Waals surface area (Å²) in [6.45, 7) is 1.83. The summed E-state index contributed by atoms with van der Waals surface area (Å²) in [4.78, 5) is 14.0. The molecule has 2 N–H and O–H groups in total. The Morgan fingerprint density at radius 3 is 2.93 bits per heavy atom. The highest BCUT2D eigenvalue weighted by Crippen LogP contribution is 2.27. The molecule has 0 aromatic rings. The lowest BCUT2D eigenvalue weighted by atomic mass is 10.1. The van der Waals surface area contributed by atoms with Crippen molar-refractivity contribution >= 4 is 6.03 Å². The fourth-order valence-corrected chi connectivity index (χ4v) is 2.83. The smallest absolute Gasteiger partial charge is 0.317 e. The Kier molecular flexibility index (Phi) is 2.31. The molecule has 4 nitrogen and oxygen atoms in total. The van der Waals surface area contributed by atoms with E-state index in [9.17, 15) is 4.79 Å². The Labute approximate surface area is 90.4 Å². The molecule has 2 aliphatic carbocycles. The lowest BCUT2D eigenvalue weighted by Gasteiger charge is -2.38. The molecular formula is C11H19N3O. The minimum absolute atomic E-state index is 0.177. The van der Waals surface area contributed by atoms with Crippen molar-refractivity contribution in [3.8, 4) is 0 Å². The van der Waals surface area contributed by atoms with Crippen LogP contribution in [0.3, 0.4) is 0 Å². The third-order valence-corrected chi connectivity index (χ3v) is 3.80. The summed E-state index contributed by atoms with van der Waals surface area (Å²) in [5, 5.41) is 6.61. The zero-order valence-corrected chi connectivity index (χ0v) is 9.04. The number of fused-ring (bicyclic) bond motifs is 1. The Hall–Kier alpha value is -0.770. The number of amides is 2. The predicted molar refractivity (Wildman–Crippen MR) is 57.7 cm³/mol. The number of carbonyl (C=O) groups is 1. The predicted octanol–water partition coefficient (Wildman–Crippen LogP) is 0.685. The first kappa shape index (κ1) is 9.46. The van der Waals surface area contributed by atoms with Crippen LogP contribution in [0.1, 0.15) is 32.1 Å². The second kappa shape index (κ2) is 3.67. The number of nitrogens with zero attached hydrogens (tertiary/aromatic N) is 1. The highest BCUT2D eigenvalue weighted by atomic mass is 16.2. The molecule has 3 aliphatic rings. The van der Waals surface area contributed by atoms with Gasteiger partial charge in [-0.1, -0.05) is 0 Å². The van der Waals surface area contributed by atoms with Gasteiger partial charge in [-0.2, -0.15) is 0 Å². The molecule has 3 fully saturated rings. The summed E-state index contributed by atoms with van der Waals surface area (Å²) < 4.78 is 0. The summed E-state index contributed by atoms with van der Waals surface area (Å²) in [6.07, 6.45) is 6.01. The summed E-state index contributed by atoms with van der Waals surface area (Å²) >= 11 is 0. The van der Waals surface area contributed by atoms with Crippen molar-refractivity contribution in [3.63, 3.8) is 0 Å². The van der Waals surface area contributed by atoms with Crippen LogP contribution in [0, 0.1) is 0 Å². The second-order valence-electron chi connectivity index (χ2n) is 4.98. The maximum absolute atomic E-state index is 12.0. The zero-order chi connectivity index (χ0) is 10.3. The molecule has 2 atom stereocenters. The van der Waals surface area contributed by atoms with E-state index in [4.69, 9.17) is 0 Å². The topological polar surface area (TPSA) is 44.4 Å². The van der Waals surface area contributed by atoms with Crippen LogP contribution in [0.4, 0.5) is 4.79 Å². The molecule has 0 spiro atoms. The van der Waals surface area contributed by atoms with Crippen LogP contribution < -0.4 is 10.6 Å². The average Bonchev–Trinajstić information content (AvgIpc) is 2.93. The van der Waals surface area contributed by atoms with Gasteiger partial charge in [0.2, 0.25) is 0 Å². The van der Waals surface area contributed by atoms with Gasteiger partial charge in [-0.3, -0.25) is 0 Å². The fraction of sp³-hybridized carbons (Fsp3) is 0.909. The van der Waals surface area contributed by atoms with Crippen LogP contribution in [0.15, 0.2) is 0 Å². The number of piperazine rings is 1. The maximum atomic E-state index is 12.0. The summed E-state index contributed by atoms with van der Waals surface area (Å²) in [7, 11) is 0. The van der Waals surface area contributed by atoms with E-state index in [1.54, 1.807) is 0 Å². The van der Waals surface area contributed by atoms with Crippen molar-refractivity contribution < 1.29 is 4.79 Å². The fourth-order valence-electron chi connectivity index (χ4n) is 2.83. The molecular weight excluding hydrogens is 190 g/mol. The van der Waals surface area contributed by atoms with Gasteiger partial charge in [0, 0.05) is 31.2 Å². The number of urea groups is 1. The first-order chi connectivity index (χ1) is 7.34. The van der Waals surface area contributed by atoms with Crippen LogP contribution >= 0.6 is 0 Å². The second-order valence-corrected chi connectivity index (χ2v) is 4.98. The van der Waals surface area contributed by atoms with Crippen molar-refractivity contribution in [1.82, 2.24) is 15.5 Å². The number of nitrogens with one attached hydrogen (secondary N) is 2. The van der Waals surface area contributed by atoms with Gasteiger partial charge in [0.1, 0.15) is 0 Å². The van der Waals surface area contributed by atoms with Crippen molar-refractivity contribution in [1.29, 1.82) is 0 Å². The standard InChI is InChI=1S/C11H19N3O/c15-11(13-8-4-5-8)14-7-6-12-9-2-1-3-10(9)14/h8-10,12H,1-7H2,(H,13,15).